The van der Waals surface area contributed by atoms with E-state index in [1.807, 2.05) is 24.3 Å². The van der Waals surface area contributed by atoms with Crippen LogP contribution in [0.1, 0.15) is 33.9 Å². The second-order valence-corrected chi connectivity index (χ2v) is 6.47. The van der Waals surface area contributed by atoms with Gasteiger partial charge in [0.15, 0.2) is 0 Å². The highest BCUT2D eigenvalue weighted by Crippen LogP contribution is 2.33. The van der Waals surface area contributed by atoms with Gasteiger partial charge in [-0.15, -0.1) is 0 Å². The lowest BCUT2D eigenvalue weighted by molar-refractivity contribution is 0.0937. The number of hydrogen-bond donors (Lipinski definition) is 2. The van der Waals surface area contributed by atoms with E-state index in [0.29, 0.717) is 10.6 Å². The maximum absolute atomic E-state index is 12.4. The Labute approximate surface area is 136 Å². The lowest BCUT2D eigenvalue weighted by Gasteiger charge is -2.15. The Morgan fingerprint density at radius 2 is 2.10 bits per heavy atom. The number of fused-ring (bicyclic) bond motifs is 1. The molecule has 0 saturated carbocycles. The molecule has 1 atom stereocenters. The predicted octanol–water partition coefficient (Wildman–Crippen LogP) is 4.10. The highest BCUT2D eigenvalue weighted by Gasteiger charge is 2.25. The van der Waals surface area contributed by atoms with Gasteiger partial charge in [0.1, 0.15) is 0 Å². The molecule has 0 aromatic heterocycles. The average molecular weight is 366 g/mol. The Kier molecular flexibility index (Phi) is 3.91. The molecule has 3 N–H and O–H groups in total. The summed E-state index contributed by atoms with van der Waals surface area (Å²) in [5.74, 6) is -0.157. The van der Waals surface area contributed by atoms with Crippen LogP contribution in [-0.4, -0.2) is 5.91 Å². The zero-order valence-corrected chi connectivity index (χ0v) is 13.5. The van der Waals surface area contributed by atoms with Gasteiger partial charge in [0.05, 0.1) is 16.6 Å². The van der Waals surface area contributed by atoms with Crippen molar-refractivity contribution in [3.05, 3.63) is 62.6 Å². The third kappa shape index (κ3) is 2.92. The largest absolute Gasteiger partial charge is 0.399 e. The number of amides is 1. The SMILES string of the molecule is Nc1ccc2c(c1)CCC2NC(=O)c1cc(Br)ccc1Cl. The number of nitrogens with one attached hydrogen (secondary N) is 1. The smallest absolute Gasteiger partial charge is 0.253 e. The normalized spacial score (nSPS) is 16.6. The number of nitrogen functional groups attached to an aromatic ring is 1. The first-order valence-corrected chi connectivity index (χ1v) is 7.86. The summed E-state index contributed by atoms with van der Waals surface area (Å²) < 4.78 is 0.830. The van der Waals surface area contributed by atoms with E-state index in [4.69, 9.17) is 17.3 Å². The standard InChI is InChI=1S/C16H14BrClN2O/c17-10-2-5-14(18)13(8-10)16(21)20-15-6-1-9-7-11(19)3-4-12(9)15/h2-5,7-8,15H,1,6,19H2,(H,20,21). The van der Waals surface area contributed by atoms with E-state index in [2.05, 4.69) is 21.2 Å². The molecule has 1 amide bonds. The third-order valence-corrected chi connectivity index (χ3v) is 4.55. The van der Waals surface area contributed by atoms with Gasteiger partial charge < -0.3 is 11.1 Å². The summed E-state index contributed by atoms with van der Waals surface area (Å²) in [4.78, 5) is 12.4. The average Bonchev–Trinajstić information content (AvgIpc) is 2.83. The quantitative estimate of drug-likeness (QED) is 0.787. The molecule has 3 nitrogen and oxygen atoms in total. The molecule has 1 aliphatic carbocycles. The van der Waals surface area contributed by atoms with Crippen LogP contribution in [0.4, 0.5) is 5.69 Å². The van der Waals surface area contributed by atoms with E-state index < -0.39 is 0 Å². The molecular formula is C16H14BrClN2O. The lowest BCUT2D eigenvalue weighted by Crippen LogP contribution is -2.27. The molecule has 3 rings (SSSR count). The summed E-state index contributed by atoms with van der Waals surface area (Å²) >= 11 is 9.46. The van der Waals surface area contributed by atoms with Gasteiger partial charge in [-0.05, 0) is 54.3 Å². The van der Waals surface area contributed by atoms with E-state index in [9.17, 15) is 4.79 Å². The van der Waals surface area contributed by atoms with Crippen molar-refractivity contribution >= 4 is 39.1 Å². The molecule has 2 aromatic carbocycles. The van der Waals surface area contributed by atoms with Crippen LogP contribution >= 0.6 is 27.5 Å². The minimum absolute atomic E-state index is 0.0168. The van der Waals surface area contributed by atoms with Crippen LogP contribution < -0.4 is 11.1 Å². The predicted molar refractivity (Wildman–Crippen MR) is 88.5 cm³/mol. The molecule has 0 spiro atoms. The highest BCUT2D eigenvalue weighted by molar-refractivity contribution is 9.10. The van der Waals surface area contributed by atoms with Crippen LogP contribution in [0.5, 0.6) is 0 Å². The third-order valence-electron chi connectivity index (χ3n) is 3.72. The molecule has 108 valence electrons. The van der Waals surface area contributed by atoms with Crippen molar-refractivity contribution in [3.8, 4) is 0 Å². The number of carbonyl (C=O) groups excluding carboxylic acids is 1. The number of hydrogen-bond acceptors (Lipinski definition) is 2. The molecule has 0 radical (unpaired) electrons. The van der Waals surface area contributed by atoms with Crippen LogP contribution in [-0.2, 0) is 6.42 Å². The molecule has 1 aliphatic rings. The van der Waals surface area contributed by atoms with Crippen molar-refractivity contribution in [2.75, 3.05) is 5.73 Å². The zero-order valence-electron chi connectivity index (χ0n) is 11.2. The second kappa shape index (κ2) is 5.70. The molecular weight excluding hydrogens is 352 g/mol. The number of benzene rings is 2. The molecule has 0 fully saturated rings. The van der Waals surface area contributed by atoms with Crippen molar-refractivity contribution < 1.29 is 4.79 Å². The van der Waals surface area contributed by atoms with Gasteiger partial charge >= 0.3 is 0 Å². The fourth-order valence-corrected chi connectivity index (χ4v) is 3.26. The minimum Gasteiger partial charge on any atom is -0.399 e. The van der Waals surface area contributed by atoms with Gasteiger partial charge in [0, 0.05) is 10.2 Å². The molecule has 0 bridgehead atoms. The molecule has 2 aromatic rings. The molecule has 0 heterocycles. The van der Waals surface area contributed by atoms with Crippen molar-refractivity contribution in [1.29, 1.82) is 0 Å². The van der Waals surface area contributed by atoms with E-state index in [1.165, 1.54) is 5.56 Å². The summed E-state index contributed by atoms with van der Waals surface area (Å²) in [7, 11) is 0. The van der Waals surface area contributed by atoms with Crippen molar-refractivity contribution in [2.45, 2.75) is 18.9 Å². The molecule has 0 saturated heterocycles. The Morgan fingerprint density at radius 3 is 2.90 bits per heavy atom. The van der Waals surface area contributed by atoms with Gasteiger partial charge in [-0.3, -0.25) is 4.79 Å². The monoisotopic (exact) mass is 364 g/mol. The second-order valence-electron chi connectivity index (χ2n) is 5.15. The minimum atomic E-state index is -0.157. The van der Waals surface area contributed by atoms with E-state index >= 15 is 0 Å². The first-order valence-electron chi connectivity index (χ1n) is 6.69. The van der Waals surface area contributed by atoms with Gasteiger partial charge in [-0.2, -0.15) is 0 Å². The maximum Gasteiger partial charge on any atom is 0.253 e. The first kappa shape index (κ1) is 14.4. The molecule has 0 aliphatic heterocycles. The summed E-state index contributed by atoms with van der Waals surface area (Å²) in [5, 5.41) is 3.50. The van der Waals surface area contributed by atoms with Gasteiger partial charge in [-0.1, -0.05) is 33.6 Å². The Balaban J connectivity index is 1.82. The Hall–Kier alpha value is -1.52. The summed E-state index contributed by atoms with van der Waals surface area (Å²) in [6.45, 7) is 0. The van der Waals surface area contributed by atoms with E-state index in [-0.39, 0.29) is 11.9 Å². The number of rotatable bonds is 2. The summed E-state index contributed by atoms with van der Waals surface area (Å²) in [6.07, 6.45) is 1.81. The zero-order chi connectivity index (χ0) is 15.0. The Morgan fingerprint density at radius 1 is 1.29 bits per heavy atom. The molecule has 5 heteroatoms. The van der Waals surface area contributed by atoms with Crippen molar-refractivity contribution in [2.24, 2.45) is 0 Å². The fraction of sp³-hybridized carbons (Fsp3) is 0.188. The number of anilines is 1. The molecule has 21 heavy (non-hydrogen) atoms. The van der Waals surface area contributed by atoms with Crippen LogP contribution in [0.3, 0.4) is 0 Å². The number of halogens is 2. The number of nitrogens with two attached hydrogens (primary N) is 1. The first-order chi connectivity index (χ1) is 10.0. The van der Waals surface area contributed by atoms with Crippen molar-refractivity contribution in [1.82, 2.24) is 5.32 Å². The summed E-state index contributed by atoms with van der Waals surface area (Å²) in [5.41, 5.74) is 9.39. The Bertz CT molecular complexity index is 717. The molecule has 1 unspecified atom stereocenters. The van der Waals surface area contributed by atoms with Crippen LogP contribution in [0, 0.1) is 0 Å². The van der Waals surface area contributed by atoms with E-state index in [1.54, 1.807) is 12.1 Å². The van der Waals surface area contributed by atoms with Gasteiger partial charge in [0.2, 0.25) is 0 Å². The summed E-state index contributed by atoms with van der Waals surface area (Å²) in [6, 6.07) is 11.1. The fourth-order valence-electron chi connectivity index (χ4n) is 2.69. The number of carbonyl (C=O) groups is 1. The maximum atomic E-state index is 12.4. The highest BCUT2D eigenvalue weighted by atomic mass is 79.9. The van der Waals surface area contributed by atoms with E-state index in [0.717, 1.165) is 28.6 Å². The lowest BCUT2D eigenvalue weighted by atomic mass is 10.1. The van der Waals surface area contributed by atoms with Crippen LogP contribution in [0.2, 0.25) is 5.02 Å². The van der Waals surface area contributed by atoms with Crippen LogP contribution in [0.25, 0.3) is 0 Å². The van der Waals surface area contributed by atoms with Gasteiger partial charge in [-0.25, -0.2) is 0 Å². The van der Waals surface area contributed by atoms with Gasteiger partial charge in [0.25, 0.3) is 5.91 Å². The van der Waals surface area contributed by atoms with Crippen molar-refractivity contribution in [3.63, 3.8) is 0 Å². The topological polar surface area (TPSA) is 55.1 Å². The van der Waals surface area contributed by atoms with Crippen LogP contribution in [0.15, 0.2) is 40.9 Å². The number of aryl methyl sites for hydroxylation is 1.